The lowest BCUT2D eigenvalue weighted by Gasteiger charge is -2.09. The van der Waals surface area contributed by atoms with Gasteiger partial charge in [0.15, 0.2) is 0 Å². The summed E-state index contributed by atoms with van der Waals surface area (Å²) in [4.78, 5) is 24.5. The third kappa shape index (κ3) is 5.05. The minimum atomic E-state index is -1.04. The van der Waals surface area contributed by atoms with Gasteiger partial charge in [-0.05, 0) is 43.2 Å². The third-order valence-electron chi connectivity index (χ3n) is 3.81. The number of carbonyl (C=O) groups is 2. The fourth-order valence-electron chi connectivity index (χ4n) is 2.19. The molecule has 0 unspecified atom stereocenters. The molecule has 7 heteroatoms. The van der Waals surface area contributed by atoms with Crippen LogP contribution in [0.2, 0.25) is 0 Å². The van der Waals surface area contributed by atoms with Crippen molar-refractivity contribution in [1.82, 2.24) is 0 Å². The molecule has 0 aromatic heterocycles. The van der Waals surface area contributed by atoms with Gasteiger partial charge >= 0.3 is 5.97 Å². The molecule has 0 heterocycles. The minimum Gasteiger partial charge on any atom is -0.465 e. The molecule has 1 amide bonds. The Balaban J connectivity index is 1.97. The summed E-state index contributed by atoms with van der Waals surface area (Å²) in [5.74, 6) is -2.87. The molecule has 0 aliphatic rings. The third-order valence-corrected chi connectivity index (χ3v) is 4.81. The highest BCUT2D eigenvalue weighted by Crippen LogP contribution is 2.23. The minimum absolute atomic E-state index is 0.141. The quantitative estimate of drug-likeness (QED) is 0.594. The second-order valence-electron chi connectivity index (χ2n) is 5.70. The lowest BCUT2D eigenvalue weighted by molar-refractivity contribution is -0.115. The van der Waals surface area contributed by atoms with Gasteiger partial charge in [-0.3, -0.25) is 4.79 Å². The molecule has 4 nitrogen and oxygen atoms in total. The predicted octanol–water partition coefficient (Wildman–Crippen LogP) is 4.49. The van der Waals surface area contributed by atoms with Crippen molar-refractivity contribution in [3.63, 3.8) is 0 Å². The second kappa shape index (κ2) is 8.80. The Morgan fingerprint density at radius 1 is 1.08 bits per heavy atom. The highest BCUT2D eigenvalue weighted by atomic mass is 32.2. The molecule has 0 radical (unpaired) electrons. The fourth-order valence-corrected chi connectivity index (χ4v) is 3.14. The molecule has 1 N–H and O–H groups in total. The molecule has 0 saturated heterocycles. The zero-order valence-corrected chi connectivity index (χ0v) is 15.5. The first-order valence-electron chi connectivity index (χ1n) is 7.89. The Kier molecular flexibility index (Phi) is 6.74. The van der Waals surface area contributed by atoms with Gasteiger partial charge in [0.05, 0.1) is 18.4 Å². The van der Waals surface area contributed by atoms with Crippen LogP contribution in [0, 0.1) is 25.5 Å². The molecule has 2 rings (SSSR count). The van der Waals surface area contributed by atoms with Gasteiger partial charge in [0.1, 0.15) is 11.6 Å². The zero-order chi connectivity index (χ0) is 19.3. The molecular formula is C19H19F2NO3S. The van der Waals surface area contributed by atoms with Crippen LogP contribution in [0.4, 0.5) is 14.5 Å². The molecule has 2 aromatic rings. The van der Waals surface area contributed by atoms with Crippen LogP contribution in [0.5, 0.6) is 0 Å². The van der Waals surface area contributed by atoms with Crippen LogP contribution in [-0.4, -0.2) is 24.7 Å². The van der Waals surface area contributed by atoms with Crippen molar-refractivity contribution in [2.75, 3.05) is 18.2 Å². The molecule has 2 aromatic carbocycles. The van der Waals surface area contributed by atoms with E-state index < -0.39 is 29.1 Å². The molecule has 0 saturated carbocycles. The lowest BCUT2D eigenvalue weighted by atomic mass is 10.1. The van der Waals surface area contributed by atoms with Crippen molar-refractivity contribution >= 4 is 29.3 Å². The van der Waals surface area contributed by atoms with Gasteiger partial charge in [-0.25, -0.2) is 13.6 Å². The lowest BCUT2D eigenvalue weighted by Crippen LogP contribution is -2.15. The first-order chi connectivity index (χ1) is 12.3. The first kappa shape index (κ1) is 19.9. The summed E-state index contributed by atoms with van der Waals surface area (Å²) in [5.41, 5.74) is 1.67. The average molecular weight is 379 g/mol. The van der Waals surface area contributed by atoms with E-state index in [0.29, 0.717) is 11.8 Å². The van der Waals surface area contributed by atoms with Gasteiger partial charge in [0.2, 0.25) is 5.91 Å². The summed E-state index contributed by atoms with van der Waals surface area (Å²) in [6.45, 7) is 4.04. The van der Waals surface area contributed by atoms with E-state index in [2.05, 4.69) is 10.1 Å². The van der Waals surface area contributed by atoms with E-state index in [0.717, 1.165) is 18.1 Å². The van der Waals surface area contributed by atoms with E-state index >= 15 is 0 Å². The Morgan fingerprint density at radius 3 is 2.46 bits per heavy atom. The number of nitrogens with one attached hydrogen (secondary N) is 1. The molecule has 0 aliphatic carbocycles. The van der Waals surface area contributed by atoms with Gasteiger partial charge < -0.3 is 10.1 Å². The number of esters is 1. The molecular weight excluding hydrogens is 360 g/mol. The van der Waals surface area contributed by atoms with Crippen LogP contribution in [0.25, 0.3) is 0 Å². The van der Waals surface area contributed by atoms with Crippen molar-refractivity contribution in [1.29, 1.82) is 0 Å². The van der Waals surface area contributed by atoms with Crippen LogP contribution in [0.3, 0.4) is 0 Å². The van der Waals surface area contributed by atoms with Crippen molar-refractivity contribution in [3.05, 3.63) is 58.7 Å². The number of thioether (sulfide) groups is 1. The number of rotatable bonds is 6. The van der Waals surface area contributed by atoms with Crippen LogP contribution in [0.1, 0.15) is 27.9 Å². The Hall–Kier alpha value is -2.41. The Labute approximate surface area is 154 Å². The summed E-state index contributed by atoms with van der Waals surface area (Å²) in [7, 11) is 1.09. The first-order valence-corrected chi connectivity index (χ1v) is 8.87. The SMILES string of the molecule is COC(=O)c1cc(NC(=O)CCSc2ccc(C)c(C)c2)c(F)cc1F. The summed E-state index contributed by atoms with van der Waals surface area (Å²) >= 11 is 1.51. The summed E-state index contributed by atoms with van der Waals surface area (Å²) in [5, 5.41) is 2.36. The number of halogens is 2. The van der Waals surface area contributed by atoms with Gasteiger partial charge in [0, 0.05) is 23.1 Å². The molecule has 0 fully saturated rings. The van der Waals surface area contributed by atoms with E-state index in [4.69, 9.17) is 0 Å². The standard InChI is InChI=1S/C19H19F2NO3S/c1-11-4-5-13(8-12(11)2)26-7-6-18(23)22-17-9-14(19(24)25-3)15(20)10-16(17)21/h4-5,8-10H,6-7H2,1-3H3,(H,22,23). The van der Waals surface area contributed by atoms with Crippen LogP contribution in [-0.2, 0) is 9.53 Å². The highest BCUT2D eigenvalue weighted by Gasteiger charge is 2.17. The molecule has 0 bridgehead atoms. The Bertz CT molecular complexity index is 840. The van der Waals surface area contributed by atoms with Crippen molar-refractivity contribution < 1.29 is 23.1 Å². The fraction of sp³-hybridized carbons (Fsp3) is 0.263. The van der Waals surface area contributed by atoms with Gasteiger partial charge in [-0.15, -0.1) is 11.8 Å². The highest BCUT2D eigenvalue weighted by molar-refractivity contribution is 7.99. The van der Waals surface area contributed by atoms with Crippen molar-refractivity contribution in [2.24, 2.45) is 0 Å². The van der Waals surface area contributed by atoms with Crippen LogP contribution >= 0.6 is 11.8 Å². The van der Waals surface area contributed by atoms with E-state index in [-0.39, 0.29) is 12.1 Å². The number of aryl methyl sites for hydroxylation is 2. The number of hydrogen-bond acceptors (Lipinski definition) is 4. The van der Waals surface area contributed by atoms with Gasteiger partial charge in [0.25, 0.3) is 0 Å². The number of hydrogen-bond donors (Lipinski definition) is 1. The molecule has 0 spiro atoms. The van der Waals surface area contributed by atoms with Crippen molar-refractivity contribution in [3.8, 4) is 0 Å². The maximum absolute atomic E-state index is 13.8. The smallest absolute Gasteiger partial charge is 0.340 e. The van der Waals surface area contributed by atoms with E-state index in [1.807, 2.05) is 32.0 Å². The number of benzene rings is 2. The van der Waals surface area contributed by atoms with Gasteiger partial charge in [-0.2, -0.15) is 0 Å². The number of amides is 1. The summed E-state index contributed by atoms with van der Waals surface area (Å²) < 4.78 is 31.8. The molecule has 0 atom stereocenters. The van der Waals surface area contributed by atoms with Gasteiger partial charge in [-0.1, -0.05) is 6.07 Å². The second-order valence-corrected chi connectivity index (χ2v) is 6.86. The molecule has 0 aliphatic heterocycles. The largest absolute Gasteiger partial charge is 0.465 e. The monoisotopic (exact) mass is 379 g/mol. The van der Waals surface area contributed by atoms with Crippen LogP contribution in [0.15, 0.2) is 35.2 Å². The number of carbonyl (C=O) groups excluding carboxylic acids is 2. The number of anilines is 1. The van der Waals surface area contributed by atoms with Crippen LogP contribution < -0.4 is 5.32 Å². The van der Waals surface area contributed by atoms with E-state index in [1.54, 1.807) is 0 Å². The topological polar surface area (TPSA) is 55.4 Å². The van der Waals surface area contributed by atoms with Crippen molar-refractivity contribution in [2.45, 2.75) is 25.2 Å². The van der Waals surface area contributed by atoms with E-state index in [9.17, 15) is 18.4 Å². The average Bonchev–Trinajstić information content (AvgIpc) is 2.59. The molecule has 26 heavy (non-hydrogen) atoms. The summed E-state index contributed by atoms with van der Waals surface area (Å²) in [6.07, 6.45) is 0.141. The molecule has 138 valence electrons. The number of ether oxygens (including phenoxy) is 1. The normalized spacial score (nSPS) is 10.5. The number of methoxy groups -OCH3 is 1. The maximum Gasteiger partial charge on any atom is 0.340 e. The van der Waals surface area contributed by atoms with E-state index in [1.165, 1.54) is 22.9 Å². The predicted molar refractivity (Wildman–Crippen MR) is 97.6 cm³/mol. The zero-order valence-electron chi connectivity index (χ0n) is 14.7. The maximum atomic E-state index is 13.8. The summed E-state index contributed by atoms with van der Waals surface area (Å²) in [6, 6.07) is 7.52. The Morgan fingerprint density at radius 2 is 1.81 bits per heavy atom.